The number of carbonyl (C=O) groups excluding carboxylic acids is 1. The second-order valence-electron chi connectivity index (χ2n) is 7.47. The molecule has 1 aliphatic heterocycles. The molecule has 0 bridgehead atoms. The molecule has 9 heteroatoms. The Morgan fingerprint density at radius 3 is 2.57 bits per heavy atom. The lowest BCUT2D eigenvalue weighted by atomic mass is 10.1. The Balaban J connectivity index is 0.00000364. The van der Waals surface area contributed by atoms with Crippen LogP contribution in [0.2, 0.25) is 0 Å². The van der Waals surface area contributed by atoms with Gasteiger partial charge < -0.3 is 20.1 Å². The van der Waals surface area contributed by atoms with Crippen molar-refractivity contribution in [1.82, 2.24) is 15.5 Å². The molecule has 1 heterocycles. The van der Waals surface area contributed by atoms with Gasteiger partial charge in [0, 0.05) is 48.3 Å². The van der Waals surface area contributed by atoms with Gasteiger partial charge in [-0.05, 0) is 39.0 Å². The highest BCUT2D eigenvalue weighted by Gasteiger charge is 2.15. The number of nitrogens with zero attached hydrogens (tertiary/aromatic N) is 1. The molecule has 162 valence electrons. The first kappa shape index (κ1) is 27.4. The van der Waals surface area contributed by atoms with E-state index in [1.807, 2.05) is 39.0 Å². The topological polar surface area (TPSA) is 62.8 Å². The molecule has 1 saturated heterocycles. The number of ether oxygens (including phenoxy) is 2. The maximum atomic E-state index is 12.0. The normalized spacial score (nSPS) is 14.6. The molecule has 0 aromatic heterocycles. The Kier molecular flexibility index (Phi) is 13.3. The minimum atomic E-state index is -0.260. The van der Waals surface area contributed by atoms with Crippen LogP contribution in [0.3, 0.4) is 0 Å². The van der Waals surface area contributed by atoms with Crippen LogP contribution in [-0.4, -0.2) is 62.3 Å². The van der Waals surface area contributed by atoms with E-state index in [4.69, 9.17) is 9.47 Å². The Bertz CT molecular complexity index is 594. The number of hydrogen-bond donors (Lipinski definition) is 2. The lowest BCUT2D eigenvalue weighted by Gasteiger charge is -2.26. The zero-order valence-corrected chi connectivity index (χ0v) is 20.0. The fourth-order valence-corrected chi connectivity index (χ4v) is 3.12. The molecule has 1 aromatic carbocycles. The standard InChI is InChI=1S/C19H30BrN3O3.2ClH/c1-19(2,3)22-18(24)14-26-17-5-4-16(20)12-15(17)13-21-6-7-23-8-10-25-11-9-23;;/h4-5,12,21H,6-11,13-14H2,1-3H3,(H,22,24);2*1H. The molecule has 2 N–H and O–H groups in total. The lowest BCUT2D eigenvalue weighted by molar-refractivity contribution is -0.124. The van der Waals surface area contributed by atoms with Gasteiger partial charge in [-0.3, -0.25) is 9.69 Å². The predicted octanol–water partition coefficient (Wildman–Crippen LogP) is 3.01. The van der Waals surface area contributed by atoms with E-state index in [9.17, 15) is 4.79 Å². The van der Waals surface area contributed by atoms with Crippen molar-refractivity contribution in [2.45, 2.75) is 32.9 Å². The van der Waals surface area contributed by atoms with Crippen LogP contribution in [0.5, 0.6) is 5.75 Å². The largest absolute Gasteiger partial charge is 0.483 e. The van der Waals surface area contributed by atoms with Gasteiger partial charge in [0.05, 0.1) is 13.2 Å². The van der Waals surface area contributed by atoms with Crippen molar-refractivity contribution in [3.63, 3.8) is 0 Å². The second kappa shape index (κ2) is 13.6. The molecule has 0 radical (unpaired) electrons. The summed E-state index contributed by atoms with van der Waals surface area (Å²) >= 11 is 3.50. The van der Waals surface area contributed by atoms with Crippen LogP contribution in [0.1, 0.15) is 26.3 Å². The number of carbonyl (C=O) groups is 1. The summed E-state index contributed by atoms with van der Waals surface area (Å²) in [7, 11) is 0. The summed E-state index contributed by atoms with van der Waals surface area (Å²) in [6.07, 6.45) is 0. The van der Waals surface area contributed by atoms with Crippen molar-refractivity contribution in [1.29, 1.82) is 0 Å². The molecule has 2 rings (SSSR count). The van der Waals surface area contributed by atoms with Gasteiger partial charge in [0.15, 0.2) is 6.61 Å². The first-order chi connectivity index (χ1) is 12.3. The van der Waals surface area contributed by atoms with Crippen molar-refractivity contribution in [3.05, 3.63) is 28.2 Å². The third kappa shape index (κ3) is 10.8. The van der Waals surface area contributed by atoms with Crippen molar-refractivity contribution in [3.8, 4) is 5.75 Å². The first-order valence-electron chi connectivity index (χ1n) is 9.06. The molecular weight excluding hydrogens is 469 g/mol. The fourth-order valence-electron chi connectivity index (χ4n) is 2.71. The predicted molar refractivity (Wildman–Crippen MR) is 121 cm³/mol. The maximum Gasteiger partial charge on any atom is 0.258 e. The number of morpholine rings is 1. The Morgan fingerprint density at radius 1 is 1.25 bits per heavy atom. The van der Waals surface area contributed by atoms with Gasteiger partial charge in [0.2, 0.25) is 0 Å². The van der Waals surface area contributed by atoms with Gasteiger partial charge in [-0.25, -0.2) is 0 Å². The van der Waals surface area contributed by atoms with Crippen molar-refractivity contribution < 1.29 is 14.3 Å². The van der Waals surface area contributed by atoms with Gasteiger partial charge in [0.1, 0.15) is 5.75 Å². The quantitative estimate of drug-likeness (QED) is 0.537. The van der Waals surface area contributed by atoms with Crippen molar-refractivity contribution >= 4 is 46.7 Å². The first-order valence-corrected chi connectivity index (χ1v) is 9.86. The summed E-state index contributed by atoms with van der Waals surface area (Å²) in [5.74, 6) is 0.614. The van der Waals surface area contributed by atoms with E-state index < -0.39 is 0 Å². The van der Waals surface area contributed by atoms with Crippen LogP contribution in [0.25, 0.3) is 0 Å². The van der Waals surface area contributed by atoms with E-state index in [0.29, 0.717) is 6.54 Å². The van der Waals surface area contributed by atoms with Crippen LogP contribution >= 0.6 is 40.7 Å². The molecule has 1 fully saturated rings. The second-order valence-corrected chi connectivity index (χ2v) is 8.39. The Hall–Kier alpha value is -0.570. The summed E-state index contributed by atoms with van der Waals surface area (Å²) < 4.78 is 12.1. The molecule has 1 aliphatic rings. The molecule has 1 amide bonds. The van der Waals surface area contributed by atoms with Gasteiger partial charge in [-0.2, -0.15) is 0 Å². The van der Waals surface area contributed by atoms with Crippen LogP contribution in [0.4, 0.5) is 0 Å². The summed E-state index contributed by atoms with van der Waals surface area (Å²) in [5.41, 5.74) is 0.772. The molecule has 6 nitrogen and oxygen atoms in total. The van der Waals surface area contributed by atoms with E-state index in [1.165, 1.54) is 0 Å². The maximum absolute atomic E-state index is 12.0. The molecule has 1 aromatic rings. The molecule has 0 atom stereocenters. The number of hydrogen-bond acceptors (Lipinski definition) is 5. The zero-order valence-electron chi connectivity index (χ0n) is 16.8. The van der Waals surface area contributed by atoms with Crippen LogP contribution in [0.15, 0.2) is 22.7 Å². The van der Waals surface area contributed by atoms with Crippen molar-refractivity contribution in [2.24, 2.45) is 0 Å². The number of nitrogens with one attached hydrogen (secondary N) is 2. The average Bonchev–Trinajstić information content (AvgIpc) is 2.57. The van der Waals surface area contributed by atoms with Crippen LogP contribution in [0, 0.1) is 0 Å². The van der Waals surface area contributed by atoms with E-state index >= 15 is 0 Å². The minimum absolute atomic E-state index is 0. The highest BCUT2D eigenvalue weighted by atomic mass is 79.9. The van der Waals surface area contributed by atoms with Crippen LogP contribution < -0.4 is 15.4 Å². The number of amides is 1. The highest BCUT2D eigenvalue weighted by Crippen LogP contribution is 2.23. The number of halogens is 3. The van der Waals surface area contributed by atoms with Gasteiger partial charge in [-0.1, -0.05) is 15.9 Å². The Morgan fingerprint density at radius 2 is 1.93 bits per heavy atom. The van der Waals surface area contributed by atoms with E-state index in [2.05, 4.69) is 31.5 Å². The molecule has 0 aliphatic carbocycles. The van der Waals surface area contributed by atoms with Gasteiger partial charge in [0.25, 0.3) is 5.91 Å². The van der Waals surface area contributed by atoms with Gasteiger partial charge >= 0.3 is 0 Å². The minimum Gasteiger partial charge on any atom is -0.483 e. The number of rotatable bonds is 8. The molecule has 28 heavy (non-hydrogen) atoms. The third-order valence-corrected chi connectivity index (χ3v) is 4.41. The molecule has 0 saturated carbocycles. The lowest BCUT2D eigenvalue weighted by Crippen LogP contribution is -2.43. The van der Waals surface area contributed by atoms with E-state index in [0.717, 1.165) is 55.2 Å². The monoisotopic (exact) mass is 499 g/mol. The molecule has 0 unspecified atom stereocenters. The Labute approximate surface area is 189 Å². The smallest absolute Gasteiger partial charge is 0.258 e. The highest BCUT2D eigenvalue weighted by molar-refractivity contribution is 9.10. The molecule has 0 spiro atoms. The third-order valence-electron chi connectivity index (χ3n) is 3.92. The summed E-state index contributed by atoms with van der Waals surface area (Å²) in [4.78, 5) is 14.4. The van der Waals surface area contributed by atoms with E-state index in [-0.39, 0.29) is 42.9 Å². The summed E-state index contributed by atoms with van der Waals surface area (Å²) in [5, 5.41) is 6.36. The average molecular weight is 501 g/mol. The summed E-state index contributed by atoms with van der Waals surface area (Å²) in [6.45, 7) is 12.1. The molecular formula is C19H32BrCl2N3O3. The van der Waals surface area contributed by atoms with Gasteiger partial charge in [-0.15, -0.1) is 24.8 Å². The van der Waals surface area contributed by atoms with E-state index in [1.54, 1.807) is 0 Å². The SMILES string of the molecule is CC(C)(C)NC(=O)COc1ccc(Br)cc1CNCCN1CCOCC1.Cl.Cl. The zero-order chi connectivity index (χ0) is 19.0. The number of benzene rings is 1. The van der Waals surface area contributed by atoms with Crippen LogP contribution in [-0.2, 0) is 16.1 Å². The fraction of sp³-hybridized carbons (Fsp3) is 0.632. The van der Waals surface area contributed by atoms with Crippen molar-refractivity contribution in [2.75, 3.05) is 46.0 Å². The summed E-state index contributed by atoms with van der Waals surface area (Å²) in [6, 6.07) is 5.85.